The van der Waals surface area contributed by atoms with E-state index in [0.29, 0.717) is 6.42 Å². The van der Waals surface area contributed by atoms with Crippen molar-refractivity contribution in [1.29, 1.82) is 10.5 Å². The summed E-state index contributed by atoms with van der Waals surface area (Å²) in [6.45, 7) is 1.83. The zero-order chi connectivity index (χ0) is 7.98. The highest BCUT2D eigenvalue weighted by atomic mass is 16.3. The quantitative estimate of drug-likeness (QED) is 0.449. The normalized spacial score (nSPS) is 13.4. The minimum atomic E-state index is -1.26. The van der Waals surface area contributed by atoms with Crippen molar-refractivity contribution in [1.82, 2.24) is 0 Å². The second-order valence-corrected chi connectivity index (χ2v) is 1.71. The molecular formula is C7H8N2O. The van der Waals surface area contributed by atoms with Crippen molar-refractivity contribution in [2.45, 2.75) is 19.4 Å². The third-order valence-electron chi connectivity index (χ3n) is 0.970. The Labute approximate surface area is 59.8 Å². The lowest BCUT2D eigenvalue weighted by atomic mass is 10.1. The number of rotatable bonds is 2. The Morgan fingerprint density at radius 3 is 2.60 bits per heavy atom. The van der Waals surface area contributed by atoms with E-state index < -0.39 is 6.10 Å². The van der Waals surface area contributed by atoms with Crippen molar-refractivity contribution in [2.75, 3.05) is 0 Å². The van der Waals surface area contributed by atoms with E-state index in [0.717, 1.165) is 0 Å². The maximum atomic E-state index is 8.80. The molecule has 0 bridgehead atoms. The van der Waals surface area contributed by atoms with Crippen LogP contribution in [0.25, 0.3) is 0 Å². The van der Waals surface area contributed by atoms with Gasteiger partial charge in [-0.3, -0.25) is 0 Å². The SMILES string of the molecule is CCC=C(C#N)C(O)C#N. The van der Waals surface area contributed by atoms with Gasteiger partial charge in [-0.15, -0.1) is 0 Å². The van der Waals surface area contributed by atoms with Gasteiger partial charge in [0.15, 0.2) is 6.10 Å². The zero-order valence-corrected chi connectivity index (χ0v) is 5.70. The van der Waals surface area contributed by atoms with E-state index in [-0.39, 0.29) is 5.57 Å². The van der Waals surface area contributed by atoms with Crippen LogP contribution in [0, 0.1) is 22.7 Å². The Hall–Kier alpha value is -1.32. The molecule has 0 aliphatic carbocycles. The van der Waals surface area contributed by atoms with Gasteiger partial charge in [0.1, 0.15) is 0 Å². The minimum absolute atomic E-state index is 0.130. The average Bonchev–Trinajstić information content (AvgIpc) is 1.99. The second-order valence-electron chi connectivity index (χ2n) is 1.71. The van der Waals surface area contributed by atoms with Crippen molar-refractivity contribution in [3.05, 3.63) is 11.6 Å². The first-order chi connectivity index (χ1) is 4.76. The molecule has 0 spiro atoms. The fourth-order valence-corrected chi connectivity index (χ4v) is 0.508. The largest absolute Gasteiger partial charge is 0.373 e. The summed E-state index contributed by atoms with van der Waals surface area (Å²) in [6, 6.07) is 3.31. The summed E-state index contributed by atoms with van der Waals surface area (Å²) >= 11 is 0. The van der Waals surface area contributed by atoms with Crippen molar-refractivity contribution < 1.29 is 5.11 Å². The molecule has 0 aliphatic heterocycles. The first kappa shape index (κ1) is 8.68. The molecule has 0 aromatic rings. The summed E-state index contributed by atoms with van der Waals surface area (Å²) in [5.41, 5.74) is 0.130. The van der Waals surface area contributed by atoms with Crippen molar-refractivity contribution in [3.8, 4) is 12.1 Å². The van der Waals surface area contributed by atoms with Gasteiger partial charge in [-0.25, -0.2) is 0 Å². The molecule has 52 valence electrons. The molecule has 0 fully saturated rings. The van der Waals surface area contributed by atoms with Crippen molar-refractivity contribution in [2.24, 2.45) is 0 Å². The minimum Gasteiger partial charge on any atom is -0.373 e. The average molecular weight is 136 g/mol. The number of nitrogens with zero attached hydrogens (tertiary/aromatic N) is 2. The van der Waals surface area contributed by atoms with Crippen LogP contribution < -0.4 is 0 Å². The Balaban J connectivity index is 4.28. The lowest BCUT2D eigenvalue weighted by Crippen LogP contribution is -2.04. The summed E-state index contributed by atoms with van der Waals surface area (Å²) in [6.07, 6.45) is 0.931. The number of nitriles is 2. The van der Waals surface area contributed by atoms with Gasteiger partial charge in [0.2, 0.25) is 0 Å². The summed E-state index contributed by atoms with van der Waals surface area (Å²) in [7, 11) is 0. The Kier molecular flexibility index (Phi) is 3.95. The first-order valence-corrected chi connectivity index (χ1v) is 2.94. The van der Waals surface area contributed by atoms with Crippen LogP contribution >= 0.6 is 0 Å². The van der Waals surface area contributed by atoms with Gasteiger partial charge in [0.25, 0.3) is 0 Å². The Morgan fingerprint density at radius 2 is 2.30 bits per heavy atom. The first-order valence-electron chi connectivity index (χ1n) is 2.94. The van der Waals surface area contributed by atoms with Crippen LogP contribution in [0.4, 0.5) is 0 Å². The molecule has 0 aliphatic rings. The molecule has 10 heavy (non-hydrogen) atoms. The topological polar surface area (TPSA) is 67.8 Å². The highest BCUT2D eigenvalue weighted by Crippen LogP contribution is 2.00. The van der Waals surface area contributed by atoms with Crippen molar-refractivity contribution >= 4 is 0 Å². The van der Waals surface area contributed by atoms with Crippen LogP contribution in [-0.4, -0.2) is 11.2 Å². The van der Waals surface area contributed by atoms with E-state index in [1.165, 1.54) is 6.08 Å². The number of aliphatic hydroxyl groups excluding tert-OH is 1. The fraction of sp³-hybridized carbons (Fsp3) is 0.429. The van der Waals surface area contributed by atoms with Crippen LogP contribution in [0.2, 0.25) is 0 Å². The van der Waals surface area contributed by atoms with Crippen LogP contribution in [0.3, 0.4) is 0 Å². The van der Waals surface area contributed by atoms with Gasteiger partial charge in [-0.05, 0) is 6.42 Å². The molecule has 1 N–H and O–H groups in total. The van der Waals surface area contributed by atoms with Gasteiger partial charge in [-0.2, -0.15) is 10.5 Å². The summed E-state index contributed by atoms with van der Waals surface area (Å²) in [5, 5.41) is 25.3. The van der Waals surface area contributed by atoms with E-state index in [1.807, 2.05) is 6.92 Å². The fourth-order valence-electron chi connectivity index (χ4n) is 0.508. The molecule has 0 aromatic heterocycles. The van der Waals surface area contributed by atoms with Gasteiger partial charge < -0.3 is 5.11 Å². The third-order valence-corrected chi connectivity index (χ3v) is 0.970. The molecule has 0 heterocycles. The zero-order valence-electron chi connectivity index (χ0n) is 5.70. The summed E-state index contributed by atoms with van der Waals surface area (Å²) < 4.78 is 0. The van der Waals surface area contributed by atoms with E-state index in [1.54, 1.807) is 12.1 Å². The molecule has 0 saturated carbocycles. The number of hydrogen-bond acceptors (Lipinski definition) is 3. The third kappa shape index (κ3) is 2.30. The number of allylic oxidation sites excluding steroid dienone is 1. The van der Waals surface area contributed by atoms with Crippen LogP contribution in [0.5, 0.6) is 0 Å². The maximum absolute atomic E-state index is 8.80. The highest BCUT2D eigenvalue weighted by molar-refractivity contribution is 5.29. The molecule has 0 radical (unpaired) electrons. The van der Waals surface area contributed by atoms with Gasteiger partial charge in [0, 0.05) is 0 Å². The van der Waals surface area contributed by atoms with E-state index in [9.17, 15) is 0 Å². The molecule has 0 saturated heterocycles. The monoisotopic (exact) mass is 136 g/mol. The predicted octanol–water partition coefficient (Wildman–Crippen LogP) is 0.731. The van der Waals surface area contributed by atoms with Gasteiger partial charge >= 0.3 is 0 Å². The van der Waals surface area contributed by atoms with Gasteiger partial charge in [0.05, 0.1) is 17.7 Å². The smallest absolute Gasteiger partial charge is 0.175 e. The Morgan fingerprint density at radius 1 is 1.70 bits per heavy atom. The van der Waals surface area contributed by atoms with Crippen LogP contribution in [0.15, 0.2) is 11.6 Å². The van der Waals surface area contributed by atoms with Crippen molar-refractivity contribution in [3.63, 3.8) is 0 Å². The van der Waals surface area contributed by atoms with Crippen LogP contribution in [0.1, 0.15) is 13.3 Å². The number of hydrogen-bond donors (Lipinski definition) is 1. The molecule has 1 unspecified atom stereocenters. The predicted molar refractivity (Wildman–Crippen MR) is 35.6 cm³/mol. The molecular weight excluding hydrogens is 128 g/mol. The summed E-state index contributed by atoms with van der Waals surface area (Å²) in [4.78, 5) is 0. The lowest BCUT2D eigenvalue weighted by Gasteiger charge is -1.95. The van der Waals surface area contributed by atoms with Gasteiger partial charge in [-0.1, -0.05) is 13.0 Å². The molecule has 1 atom stereocenters. The molecule has 0 rings (SSSR count). The van der Waals surface area contributed by atoms with E-state index in [4.69, 9.17) is 15.6 Å². The molecule has 0 amide bonds. The number of aliphatic hydroxyl groups is 1. The molecule has 3 nitrogen and oxygen atoms in total. The maximum Gasteiger partial charge on any atom is 0.175 e. The highest BCUT2D eigenvalue weighted by Gasteiger charge is 2.06. The summed E-state index contributed by atoms with van der Waals surface area (Å²) in [5.74, 6) is 0. The molecule has 0 aromatic carbocycles. The Bertz CT molecular complexity index is 207. The standard InChI is InChI=1S/C7H8N2O/c1-2-3-6(4-8)7(10)5-9/h3,7,10H,2H2,1H3. The van der Waals surface area contributed by atoms with E-state index in [2.05, 4.69) is 0 Å². The molecule has 3 heteroatoms. The van der Waals surface area contributed by atoms with E-state index >= 15 is 0 Å². The lowest BCUT2D eigenvalue weighted by molar-refractivity contribution is 0.270. The second kappa shape index (κ2) is 4.55. The van der Waals surface area contributed by atoms with Crippen LogP contribution in [-0.2, 0) is 0 Å².